The summed E-state index contributed by atoms with van der Waals surface area (Å²) in [5.41, 5.74) is 4.72. The van der Waals surface area contributed by atoms with E-state index in [2.05, 4.69) is 27.8 Å². The highest BCUT2D eigenvalue weighted by atomic mass is 35.5. The van der Waals surface area contributed by atoms with Gasteiger partial charge in [-0.2, -0.15) is 12.7 Å². The number of nitrogens with one attached hydrogen (secondary N) is 1. The van der Waals surface area contributed by atoms with Crippen LogP contribution < -0.4 is 14.4 Å². The van der Waals surface area contributed by atoms with Gasteiger partial charge < -0.3 is 14.4 Å². The highest BCUT2D eigenvalue weighted by molar-refractivity contribution is 7.87. The van der Waals surface area contributed by atoms with E-state index in [-0.39, 0.29) is 23.5 Å². The Morgan fingerprint density at radius 1 is 1.16 bits per heavy atom. The molecule has 8 rings (SSSR count). The molecule has 230 valence electrons. The second kappa shape index (κ2) is 10.8. The van der Waals surface area contributed by atoms with Crippen molar-refractivity contribution in [3.8, 4) is 5.75 Å². The lowest BCUT2D eigenvalue weighted by Gasteiger charge is -2.48. The first-order valence-corrected chi connectivity index (χ1v) is 17.2. The molecule has 1 saturated carbocycles. The number of carbonyl (C=O) groups is 1. The van der Waals surface area contributed by atoms with Crippen molar-refractivity contribution in [2.24, 2.45) is 17.8 Å². The molecule has 10 heteroatoms. The molecule has 6 atom stereocenters. The number of ether oxygens (including phenoxy) is 2. The lowest BCUT2D eigenvalue weighted by Crippen LogP contribution is -2.51. The zero-order chi connectivity index (χ0) is 30.1. The van der Waals surface area contributed by atoms with E-state index in [4.69, 9.17) is 21.1 Å². The van der Waals surface area contributed by atoms with Crippen LogP contribution >= 0.6 is 11.6 Å². The van der Waals surface area contributed by atoms with Crippen LogP contribution in [0.2, 0.25) is 5.02 Å². The standard InChI is InChI=1S/C33H40ClN3O5S/c1-20-24-13-25(14-24)31(41-3)27-9-6-23(27)17-37-18-33(12-4-5-21-15-26(34)8-10-28(21)33)19-42-30-11-7-22(16-29(30)37)32(38)35-43(39,40)36(20)2/h7-8,10-11,13,15-16,20,23-24,27,31H,4-6,9,12,14,17-19H2,1-3H3,(H,35,38)/t20-,23-,24?,27+,31-,33-/m0/s1. The molecule has 4 bridgehead atoms. The molecule has 3 heterocycles. The van der Waals surface area contributed by atoms with Crippen molar-refractivity contribution in [2.45, 2.75) is 63.0 Å². The van der Waals surface area contributed by atoms with Crippen molar-refractivity contribution in [1.82, 2.24) is 9.03 Å². The molecular weight excluding hydrogens is 586 g/mol. The number of nitrogens with zero attached hydrogens (tertiary/aromatic N) is 2. The van der Waals surface area contributed by atoms with Gasteiger partial charge in [0.15, 0.2) is 0 Å². The normalized spacial score (nSPS) is 33.5. The third-order valence-corrected chi connectivity index (χ3v) is 12.7. The van der Waals surface area contributed by atoms with Crippen LogP contribution in [0.4, 0.5) is 5.69 Å². The van der Waals surface area contributed by atoms with Gasteiger partial charge >= 0.3 is 10.2 Å². The number of carbonyl (C=O) groups excluding carboxylic acids is 1. The SMILES string of the molecule is CO[C@H]1C2=CC(C2)[C@H](C)N(C)S(=O)(=O)NC(=O)c2ccc3c(c2)N(C[C@@H]2CC[C@H]21)C[C@@]1(CCCc2cc(Cl)ccc21)CO3. The topological polar surface area (TPSA) is 88.2 Å². The van der Waals surface area contributed by atoms with Gasteiger partial charge in [-0.1, -0.05) is 23.7 Å². The van der Waals surface area contributed by atoms with Gasteiger partial charge in [-0.25, -0.2) is 4.72 Å². The van der Waals surface area contributed by atoms with Gasteiger partial charge in [-0.05, 0) is 110 Å². The number of anilines is 1. The zero-order valence-corrected chi connectivity index (χ0v) is 26.6. The Labute approximate surface area is 259 Å². The predicted octanol–water partition coefficient (Wildman–Crippen LogP) is 5.11. The number of benzene rings is 2. The van der Waals surface area contributed by atoms with E-state index < -0.39 is 16.1 Å². The van der Waals surface area contributed by atoms with Gasteiger partial charge in [0.1, 0.15) is 5.75 Å². The summed E-state index contributed by atoms with van der Waals surface area (Å²) in [7, 11) is -0.727. The number of halogens is 1. The molecule has 1 unspecified atom stereocenters. The molecule has 1 amide bonds. The fourth-order valence-electron chi connectivity index (χ4n) is 8.13. The van der Waals surface area contributed by atoms with Gasteiger partial charge in [-0.15, -0.1) is 0 Å². The summed E-state index contributed by atoms with van der Waals surface area (Å²) in [6, 6.07) is 11.2. The van der Waals surface area contributed by atoms with Crippen molar-refractivity contribution in [3.05, 3.63) is 69.8 Å². The summed E-state index contributed by atoms with van der Waals surface area (Å²) < 4.78 is 42.9. The van der Waals surface area contributed by atoms with E-state index in [0.29, 0.717) is 29.8 Å². The minimum absolute atomic E-state index is 0.0252. The molecule has 6 aliphatic rings. The van der Waals surface area contributed by atoms with Crippen LogP contribution in [0.3, 0.4) is 0 Å². The minimum Gasteiger partial charge on any atom is -0.490 e. The van der Waals surface area contributed by atoms with Gasteiger partial charge in [0, 0.05) is 49.3 Å². The molecule has 1 fully saturated rings. The van der Waals surface area contributed by atoms with Crippen LogP contribution in [0, 0.1) is 17.8 Å². The maximum Gasteiger partial charge on any atom is 0.304 e. The molecule has 2 aromatic rings. The van der Waals surface area contributed by atoms with Gasteiger partial charge in [0.2, 0.25) is 0 Å². The quantitative estimate of drug-likeness (QED) is 0.443. The molecule has 2 aromatic carbocycles. The number of amides is 1. The Morgan fingerprint density at radius 3 is 2.72 bits per heavy atom. The van der Waals surface area contributed by atoms with Crippen LogP contribution in [-0.4, -0.2) is 64.6 Å². The van der Waals surface area contributed by atoms with Crippen molar-refractivity contribution in [1.29, 1.82) is 0 Å². The average Bonchev–Trinajstić information content (AvgIpc) is 3.09. The number of fused-ring (bicyclic) bond motifs is 6. The summed E-state index contributed by atoms with van der Waals surface area (Å²) >= 11 is 6.42. The Balaban J connectivity index is 1.32. The highest BCUT2D eigenvalue weighted by Crippen LogP contribution is 2.49. The summed E-state index contributed by atoms with van der Waals surface area (Å²) in [6.45, 7) is 3.97. The van der Waals surface area contributed by atoms with Crippen LogP contribution in [0.5, 0.6) is 5.75 Å². The Kier molecular flexibility index (Phi) is 7.31. The van der Waals surface area contributed by atoms with Crippen LogP contribution in [0.25, 0.3) is 0 Å². The molecule has 0 saturated heterocycles. The molecule has 3 aliphatic carbocycles. The van der Waals surface area contributed by atoms with E-state index >= 15 is 0 Å². The lowest BCUT2D eigenvalue weighted by molar-refractivity contribution is -0.000510. The number of rotatable bonds is 1. The summed E-state index contributed by atoms with van der Waals surface area (Å²) in [5.74, 6) is 0.954. The first-order valence-electron chi connectivity index (χ1n) is 15.4. The van der Waals surface area contributed by atoms with Crippen molar-refractivity contribution in [3.63, 3.8) is 0 Å². The first-order chi connectivity index (χ1) is 20.6. The summed E-state index contributed by atoms with van der Waals surface area (Å²) in [6.07, 6.45) is 8.25. The first kappa shape index (κ1) is 29.1. The third kappa shape index (κ3) is 4.96. The van der Waals surface area contributed by atoms with Gasteiger partial charge in [-0.3, -0.25) is 4.79 Å². The maximum absolute atomic E-state index is 13.4. The smallest absolute Gasteiger partial charge is 0.304 e. The predicted molar refractivity (Wildman–Crippen MR) is 167 cm³/mol. The minimum atomic E-state index is -4.05. The van der Waals surface area contributed by atoms with Crippen LogP contribution in [0.1, 0.15) is 60.5 Å². The van der Waals surface area contributed by atoms with Gasteiger partial charge in [0.25, 0.3) is 5.91 Å². The third-order valence-electron chi connectivity index (χ3n) is 10.9. The molecule has 0 aromatic heterocycles. The highest BCUT2D eigenvalue weighted by Gasteiger charge is 2.46. The second-order valence-electron chi connectivity index (χ2n) is 13.2. The number of aryl methyl sites for hydroxylation is 1. The van der Waals surface area contributed by atoms with Crippen molar-refractivity contribution in [2.75, 3.05) is 38.8 Å². The van der Waals surface area contributed by atoms with E-state index in [9.17, 15) is 13.2 Å². The monoisotopic (exact) mass is 625 g/mol. The number of methoxy groups -OCH3 is 1. The van der Waals surface area contributed by atoms with Crippen molar-refractivity contribution >= 4 is 33.4 Å². The molecular formula is C33H40ClN3O5S. The molecule has 1 N–H and O–H groups in total. The average molecular weight is 626 g/mol. The fraction of sp³-hybridized carbons (Fsp3) is 0.545. The largest absolute Gasteiger partial charge is 0.490 e. The summed E-state index contributed by atoms with van der Waals surface area (Å²) in [5, 5.41) is 0.750. The molecule has 1 spiro atoms. The van der Waals surface area contributed by atoms with E-state index in [1.807, 2.05) is 25.1 Å². The Bertz CT molecular complexity index is 1590. The molecule has 0 radical (unpaired) electrons. The fourth-order valence-corrected chi connectivity index (χ4v) is 9.42. The molecule has 8 nitrogen and oxygen atoms in total. The van der Waals surface area contributed by atoms with E-state index in [0.717, 1.165) is 62.3 Å². The molecule has 3 aliphatic heterocycles. The van der Waals surface area contributed by atoms with Crippen molar-refractivity contribution < 1.29 is 22.7 Å². The number of hydrogen-bond donors (Lipinski definition) is 1. The Hall–Kier alpha value is -2.59. The Morgan fingerprint density at radius 2 is 1.98 bits per heavy atom. The maximum atomic E-state index is 13.4. The van der Waals surface area contributed by atoms with E-state index in [1.165, 1.54) is 28.1 Å². The van der Waals surface area contributed by atoms with Crippen LogP contribution in [0.15, 0.2) is 48.0 Å². The molecule has 43 heavy (non-hydrogen) atoms. The van der Waals surface area contributed by atoms with E-state index in [1.54, 1.807) is 13.2 Å². The second-order valence-corrected chi connectivity index (χ2v) is 15.4. The lowest BCUT2D eigenvalue weighted by atomic mass is 9.65. The van der Waals surface area contributed by atoms with Gasteiger partial charge in [0.05, 0.1) is 18.4 Å². The van der Waals surface area contributed by atoms with Crippen LogP contribution in [-0.2, 0) is 26.8 Å². The number of hydrogen-bond acceptors (Lipinski definition) is 6. The summed E-state index contributed by atoms with van der Waals surface area (Å²) in [4.78, 5) is 15.8. The zero-order valence-electron chi connectivity index (χ0n) is 25.0.